The molecule has 0 aromatic carbocycles. The van der Waals surface area contributed by atoms with Crippen LogP contribution in [0.3, 0.4) is 0 Å². The van der Waals surface area contributed by atoms with Gasteiger partial charge in [0.25, 0.3) is 0 Å². The highest BCUT2D eigenvalue weighted by Crippen LogP contribution is 2.36. The van der Waals surface area contributed by atoms with E-state index in [9.17, 15) is 14.9 Å². The molecule has 0 aliphatic heterocycles. The van der Waals surface area contributed by atoms with E-state index in [1.807, 2.05) is 0 Å². The van der Waals surface area contributed by atoms with Crippen LogP contribution >= 0.6 is 11.3 Å². The van der Waals surface area contributed by atoms with Gasteiger partial charge < -0.3 is 4.74 Å². The minimum absolute atomic E-state index is 0.0284. The Morgan fingerprint density at radius 3 is 2.71 bits per heavy atom. The summed E-state index contributed by atoms with van der Waals surface area (Å²) < 4.78 is 5.66. The van der Waals surface area contributed by atoms with Crippen molar-refractivity contribution in [3.05, 3.63) is 27.1 Å². The number of hydrogen-bond acceptors (Lipinski definition) is 5. The van der Waals surface area contributed by atoms with Crippen LogP contribution in [-0.2, 0) is 4.74 Å². The van der Waals surface area contributed by atoms with Crippen LogP contribution in [0.1, 0.15) is 49.7 Å². The fourth-order valence-corrected chi connectivity index (χ4v) is 3.68. The molecule has 2 rings (SSSR count). The number of hydrogen-bond donors (Lipinski definition) is 0. The third kappa shape index (κ3) is 3.81. The summed E-state index contributed by atoms with van der Waals surface area (Å²) >= 11 is 0.874. The number of thiophene rings is 1. The van der Waals surface area contributed by atoms with Gasteiger partial charge in [0.15, 0.2) is 0 Å². The topological polar surface area (TPSA) is 69.4 Å². The number of rotatable bonds is 4. The molecule has 1 heterocycles. The SMILES string of the molecule is CC1CCC(C(C)C)C(OC(=O)c2ccc([N+](=O)[O-])s2)C1. The van der Waals surface area contributed by atoms with Gasteiger partial charge in [-0.05, 0) is 36.7 Å². The van der Waals surface area contributed by atoms with Crippen LogP contribution in [0.15, 0.2) is 12.1 Å². The maximum absolute atomic E-state index is 12.2. The summed E-state index contributed by atoms with van der Waals surface area (Å²) in [6.07, 6.45) is 3.03. The van der Waals surface area contributed by atoms with Crippen molar-refractivity contribution in [2.75, 3.05) is 0 Å². The van der Waals surface area contributed by atoms with Crippen LogP contribution in [0.2, 0.25) is 0 Å². The third-order valence-electron chi connectivity index (χ3n) is 4.19. The number of carbonyl (C=O) groups excluding carboxylic acids is 1. The predicted octanol–water partition coefficient (Wildman–Crippen LogP) is 4.27. The maximum Gasteiger partial charge on any atom is 0.348 e. The third-order valence-corrected chi connectivity index (χ3v) is 5.21. The molecule has 0 bridgehead atoms. The average molecular weight is 311 g/mol. The summed E-state index contributed by atoms with van der Waals surface area (Å²) in [4.78, 5) is 22.7. The van der Waals surface area contributed by atoms with Gasteiger partial charge in [0, 0.05) is 6.07 Å². The molecule has 0 amide bonds. The van der Waals surface area contributed by atoms with Gasteiger partial charge in [-0.2, -0.15) is 0 Å². The van der Waals surface area contributed by atoms with Gasteiger partial charge in [-0.15, -0.1) is 0 Å². The van der Waals surface area contributed by atoms with Gasteiger partial charge in [0.1, 0.15) is 11.0 Å². The number of nitro groups is 1. The van der Waals surface area contributed by atoms with Crippen LogP contribution in [0, 0.1) is 27.9 Å². The first-order chi connectivity index (χ1) is 9.88. The van der Waals surface area contributed by atoms with Crippen molar-refractivity contribution in [2.24, 2.45) is 17.8 Å². The van der Waals surface area contributed by atoms with Crippen LogP contribution < -0.4 is 0 Å². The second kappa shape index (κ2) is 6.56. The Morgan fingerprint density at radius 1 is 1.43 bits per heavy atom. The lowest BCUT2D eigenvalue weighted by molar-refractivity contribution is -0.380. The molecule has 0 N–H and O–H groups in total. The molecule has 5 nitrogen and oxygen atoms in total. The van der Waals surface area contributed by atoms with E-state index in [0.29, 0.717) is 22.6 Å². The largest absolute Gasteiger partial charge is 0.458 e. The molecule has 1 aliphatic rings. The normalized spacial score (nSPS) is 25.8. The van der Waals surface area contributed by atoms with Crippen molar-refractivity contribution in [3.63, 3.8) is 0 Å². The number of esters is 1. The monoisotopic (exact) mass is 311 g/mol. The van der Waals surface area contributed by atoms with Crippen LogP contribution in [0.25, 0.3) is 0 Å². The standard InChI is InChI=1S/C15H21NO4S/c1-9(2)11-5-4-10(3)8-12(11)20-15(17)13-6-7-14(21-13)16(18)19/h6-7,9-12H,4-5,8H2,1-3H3. The summed E-state index contributed by atoms with van der Waals surface area (Å²) in [5, 5.41) is 10.6. The molecule has 3 atom stereocenters. The van der Waals surface area contributed by atoms with Crippen LogP contribution in [0.4, 0.5) is 5.00 Å². The van der Waals surface area contributed by atoms with E-state index in [1.54, 1.807) is 0 Å². The van der Waals surface area contributed by atoms with Crippen LogP contribution in [0.5, 0.6) is 0 Å². The second-order valence-electron chi connectivity index (χ2n) is 6.16. The Balaban J connectivity index is 2.06. The Bertz CT molecular complexity index is 525. The van der Waals surface area contributed by atoms with Crippen LogP contribution in [-0.4, -0.2) is 17.0 Å². The molecule has 0 spiro atoms. The summed E-state index contributed by atoms with van der Waals surface area (Å²) in [6.45, 7) is 6.47. The molecule has 1 saturated carbocycles. The summed E-state index contributed by atoms with van der Waals surface area (Å²) in [5.41, 5.74) is 0. The molecule has 1 aromatic heterocycles. The molecular weight excluding hydrogens is 290 g/mol. The van der Waals surface area contributed by atoms with E-state index in [1.165, 1.54) is 18.6 Å². The molecule has 21 heavy (non-hydrogen) atoms. The Kier molecular flexibility index (Phi) is 4.98. The zero-order valence-corrected chi connectivity index (χ0v) is 13.4. The smallest absolute Gasteiger partial charge is 0.348 e. The molecule has 1 aromatic rings. The number of carbonyl (C=O) groups is 1. The minimum atomic E-state index is -0.485. The van der Waals surface area contributed by atoms with E-state index >= 15 is 0 Å². The van der Waals surface area contributed by atoms with Gasteiger partial charge in [-0.25, -0.2) is 4.79 Å². The Labute approximate surface area is 128 Å². The first-order valence-electron chi connectivity index (χ1n) is 7.33. The van der Waals surface area contributed by atoms with E-state index in [0.717, 1.165) is 24.2 Å². The fourth-order valence-electron chi connectivity index (χ4n) is 2.98. The first kappa shape index (κ1) is 15.9. The van der Waals surface area contributed by atoms with Gasteiger partial charge in [0.05, 0.1) is 4.92 Å². The predicted molar refractivity (Wildman–Crippen MR) is 81.5 cm³/mol. The lowest BCUT2D eigenvalue weighted by Crippen LogP contribution is -2.35. The van der Waals surface area contributed by atoms with Gasteiger partial charge in [0.2, 0.25) is 0 Å². The molecular formula is C15H21NO4S. The van der Waals surface area contributed by atoms with E-state index in [-0.39, 0.29) is 11.1 Å². The summed E-state index contributed by atoms with van der Waals surface area (Å²) in [6, 6.07) is 2.83. The highest BCUT2D eigenvalue weighted by Gasteiger charge is 2.34. The van der Waals surface area contributed by atoms with E-state index < -0.39 is 10.9 Å². The molecule has 3 unspecified atom stereocenters. The quantitative estimate of drug-likeness (QED) is 0.473. The minimum Gasteiger partial charge on any atom is -0.458 e. The van der Waals surface area contributed by atoms with Gasteiger partial charge in [-0.1, -0.05) is 38.5 Å². The highest BCUT2D eigenvalue weighted by molar-refractivity contribution is 7.17. The number of ether oxygens (including phenoxy) is 1. The molecule has 1 fully saturated rings. The molecule has 1 aliphatic carbocycles. The van der Waals surface area contributed by atoms with Crippen molar-refractivity contribution < 1.29 is 14.5 Å². The second-order valence-corrected chi connectivity index (χ2v) is 7.23. The molecule has 0 saturated heterocycles. The lowest BCUT2D eigenvalue weighted by atomic mass is 9.75. The van der Waals surface area contributed by atoms with Gasteiger partial charge >= 0.3 is 11.0 Å². The first-order valence-corrected chi connectivity index (χ1v) is 8.15. The zero-order chi connectivity index (χ0) is 15.6. The average Bonchev–Trinajstić information content (AvgIpc) is 2.88. The van der Waals surface area contributed by atoms with Crippen molar-refractivity contribution >= 4 is 22.3 Å². The van der Waals surface area contributed by atoms with E-state index in [4.69, 9.17) is 4.74 Å². The molecule has 6 heteroatoms. The van der Waals surface area contributed by atoms with Crippen molar-refractivity contribution in [1.82, 2.24) is 0 Å². The van der Waals surface area contributed by atoms with E-state index in [2.05, 4.69) is 20.8 Å². The van der Waals surface area contributed by atoms with Crippen molar-refractivity contribution in [1.29, 1.82) is 0 Å². The Hall–Kier alpha value is -1.43. The zero-order valence-electron chi connectivity index (χ0n) is 12.6. The summed E-state index contributed by atoms with van der Waals surface area (Å²) in [5.74, 6) is 0.960. The van der Waals surface area contributed by atoms with Crippen molar-refractivity contribution in [3.8, 4) is 0 Å². The summed E-state index contributed by atoms with van der Waals surface area (Å²) in [7, 11) is 0. The fraction of sp³-hybridized carbons (Fsp3) is 0.667. The van der Waals surface area contributed by atoms with Crippen molar-refractivity contribution in [2.45, 2.75) is 46.1 Å². The van der Waals surface area contributed by atoms with Gasteiger partial charge in [-0.3, -0.25) is 10.1 Å². The Morgan fingerprint density at radius 2 is 2.14 bits per heavy atom. The maximum atomic E-state index is 12.2. The molecule has 116 valence electrons. The lowest BCUT2D eigenvalue weighted by Gasteiger charge is -2.36. The highest BCUT2D eigenvalue weighted by atomic mass is 32.1. The molecule has 0 radical (unpaired) electrons. The number of nitrogens with zero attached hydrogens (tertiary/aromatic N) is 1.